The number of aliphatic hydroxyl groups excluding tert-OH is 1. The zero-order valence-electron chi connectivity index (χ0n) is 16.3. The Kier molecular flexibility index (Phi) is 5.68. The lowest BCUT2D eigenvalue weighted by Crippen LogP contribution is -2.55. The third-order valence-corrected chi connectivity index (χ3v) is 5.77. The molecule has 0 saturated carbocycles. The first kappa shape index (κ1) is 20.3. The molecule has 4 nitrogen and oxygen atoms in total. The van der Waals surface area contributed by atoms with Crippen LogP contribution in [0.25, 0.3) is 0 Å². The van der Waals surface area contributed by atoms with Gasteiger partial charge in [-0.1, -0.05) is 30.4 Å². The Morgan fingerprint density at radius 2 is 1.80 bits per heavy atom. The van der Waals surface area contributed by atoms with Gasteiger partial charge in [0.2, 0.25) is 5.91 Å². The molecule has 1 heterocycles. The molecule has 1 aliphatic carbocycles. The number of hydrogen-bond donors (Lipinski definition) is 2. The van der Waals surface area contributed by atoms with Gasteiger partial charge in [-0.15, -0.1) is 0 Å². The number of hydrogen-bond acceptors (Lipinski definition) is 3. The van der Waals surface area contributed by atoms with E-state index in [1.165, 1.54) is 18.2 Å². The third-order valence-electron chi connectivity index (χ3n) is 5.77. The molecule has 1 unspecified atom stereocenters. The maximum absolute atomic E-state index is 13.3. The summed E-state index contributed by atoms with van der Waals surface area (Å²) in [5.74, 6) is -0.691. The molecule has 6 heteroatoms. The van der Waals surface area contributed by atoms with Crippen LogP contribution in [0.4, 0.5) is 14.5 Å². The van der Waals surface area contributed by atoms with Gasteiger partial charge in [0.1, 0.15) is 17.7 Å². The fourth-order valence-electron chi connectivity index (χ4n) is 4.13. The first-order valence-electron chi connectivity index (χ1n) is 10.0. The lowest BCUT2D eigenvalue weighted by molar-refractivity contribution is -0.130. The van der Waals surface area contributed by atoms with Crippen molar-refractivity contribution in [3.8, 4) is 5.75 Å². The summed E-state index contributed by atoms with van der Waals surface area (Å²) in [6.07, 6.45) is 4.02. The largest absolute Gasteiger partial charge is 0.508 e. The van der Waals surface area contributed by atoms with Gasteiger partial charge < -0.3 is 15.1 Å². The average Bonchev–Trinajstić information content (AvgIpc) is 2.74. The van der Waals surface area contributed by atoms with Crippen molar-refractivity contribution in [2.45, 2.75) is 37.6 Å². The van der Waals surface area contributed by atoms with E-state index in [9.17, 15) is 23.8 Å². The maximum Gasteiger partial charge on any atom is 0.233 e. The Labute approximate surface area is 173 Å². The van der Waals surface area contributed by atoms with Gasteiger partial charge >= 0.3 is 0 Å². The van der Waals surface area contributed by atoms with Gasteiger partial charge in [0.15, 0.2) is 0 Å². The van der Waals surface area contributed by atoms with Gasteiger partial charge in [0, 0.05) is 12.1 Å². The fourth-order valence-corrected chi connectivity index (χ4v) is 4.13. The SMILES string of the molecule is O=C1[C@H](CC[C@H](O)C2=CCC(F)C=C2)[C@@H](c2ccc(O)cc2)N1c1ccc(F)cc1. The number of β-lactam (4-membered cyclic amide) rings is 1. The van der Waals surface area contributed by atoms with Crippen LogP contribution in [0.3, 0.4) is 0 Å². The summed E-state index contributed by atoms with van der Waals surface area (Å²) in [4.78, 5) is 14.6. The van der Waals surface area contributed by atoms with Crippen molar-refractivity contribution in [3.05, 3.63) is 83.7 Å². The molecular formula is C24H23F2NO3. The number of phenolic OH excluding ortho intramolecular Hbond substituents is 1. The monoisotopic (exact) mass is 411 g/mol. The molecule has 1 saturated heterocycles. The molecular weight excluding hydrogens is 388 g/mol. The summed E-state index contributed by atoms with van der Waals surface area (Å²) in [6.45, 7) is 0. The first-order valence-corrected chi connectivity index (χ1v) is 10.0. The van der Waals surface area contributed by atoms with Gasteiger partial charge in [0.25, 0.3) is 0 Å². The molecule has 2 aromatic carbocycles. The van der Waals surface area contributed by atoms with Gasteiger partial charge in [-0.05, 0) is 60.4 Å². The van der Waals surface area contributed by atoms with Crippen LogP contribution in [0.2, 0.25) is 0 Å². The molecule has 0 aromatic heterocycles. The van der Waals surface area contributed by atoms with Crippen molar-refractivity contribution < 1.29 is 23.8 Å². The normalized spacial score (nSPS) is 24.4. The predicted octanol–water partition coefficient (Wildman–Crippen LogP) is 4.60. The highest BCUT2D eigenvalue weighted by Gasteiger charge is 2.48. The number of benzene rings is 2. The van der Waals surface area contributed by atoms with Crippen molar-refractivity contribution in [3.63, 3.8) is 0 Å². The Morgan fingerprint density at radius 1 is 1.10 bits per heavy atom. The number of nitrogens with zero attached hydrogens (tertiary/aromatic N) is 1. The van der Waals surface area contributed by atoms with E-state index in [1.54, 1.807) is 53.5 Å². The van der Waals surface area contributed by atoms with Gasteiger partial charge in [0.05, 0.1) is 18.1 Å². The molecule has 4 atom stereocenters. The number of carbonyl (C=O) groups is 1. The zero-order valence-corrected chi connectivity index (χ0v) is 16.3. The molecule has 2 aliphatic rings. The first-order chi connectivity index (χ1) is 14.4. The van der Waals surface area contributed by atoms with Crippen LogP contribution in [0.1, 0.15) is 30.9 Å². The fraction of sp³-hybridized carbons (Fsp3) is 0.292. The van der Waals surface area contributed by atoms with Crippen molar-refractivity contribution in [2.24, 2.45) is 5.92 Å². The standard InChI is InChI=1S/C24H23F2NO3/c25-17-5-1-15(2-6-17)22(29)14-13-21-23(16-3-11-20(28)12-4-16)27(24(21)30)19-9-7-18(26)8-10-19/h1-5,7-12,17,21-23,28-29H,6,13-14H2/t17?,21-,22+,23-/m1/s1. The van der Waals surface area contributed by atoms with E-state index in [-0.39, 0.29) is 35.9 Å². The van der Waals surface area contributed by atoms with E-state index < -0.39 is 12.3 Å². The Hall–Kier alpha value is -2.99. The van der Waals surface area contributed by atoms with Crippen LogP contribution >= 0.6 is 0 Å². The molecule has 1 amide bonds. The molecule has 1 fully saturated rings. The maximum atomic E-state index is 13.3. The second-order valence-electron chi connectivity index (χ2n) is 7.74. The number of aromatic hydroxyl groups is 1. The number of amides is 1. The summed E-state index contributed by atoms with van der Waals surface area (Å²) in [7, 11) is 0. The third kappa shape index (κ3) is 4.00. The van der Waals surface area contributed by atoms with E-state index in [0.717, 1.165) is 5.56 Å². The lowest BCUT2D eigenvalue weighted by Gasteiger charge is -2.48. The smallest absolute Gasteiger partial charge is 0.233 e. The predicted molar refractivity (Wildman–Crippen MR) is 110 cm³/mol. The van der Waals surface area contributed by atoms with Crippen LogP contribution in [0, 0.1) is 11.7 Å². The average molecular weight is 411 g/mol. The number of alkyl halides is 1. The molecule has 2 aromatic rings. The lowest BCUT2D eigenvalue weighted by atomic mass is 9.78. The summed E-state index contributed by atoms with van der Waals surface area (Å²) in [5, 5.41) is 20.1. The van der Waals surface area contributed by atoms with Crippen molar-refractivity contribution in [2.75, 3.05) is 4.90 Å². The van der Waals surface area contributed by atoms with Crippen LogP contribution in [-0.4, -0.2) is 28.4 Å². The molecule has 4 rings (SSSR count). The molecule has 0 radical (unpaired) electrons. The van der Waals surface area contributed by atoms with Gasteiger partial charge in [-0.25, -0.2) is 8.78 Å². The van der Waals surface area contributed by atoms with E-state index in [4.69, 9.17) is 0 Å². The second kappa shape index (κ2) is 8.40. The summed E-state index contributed by atoms with van der Waals surface area (Å²) >= 11 is 0. The van der Waals surface area contributed by atoms with Crippen LogP contribution in [0.5, 0.6) is 5.75 Å². The minimum atomic E-state index is -1.02. The number of rotatable bonds is 6. The summed E-state index contributed by atoms with van der Waals surface area (Å²) < 4.78 is 26.6. The number of carbonyl (C=O) groups excluding carboxylic acids is 1. The van der Waals surface area contributed by atoms with Crippen molar-refractivity contribution in [1.29, 1.82) is 0 Å². The second-order valence-corrected chi connectivity index (χ2v) is 7.74. The highest BCUT2D eigenvalue weighted by atomic mass is 19.1. The number of phenols is 1. The molecule has 2 N–H and O–H groups in total. The van der Waals surface area contributed by atoms with Gasteiger partial charge in [-0.3, -0.25) is 4.79 Å². The quantitative estimate of drug-likeness (QED) is 0.683. The van der Waals surface area contributed by atoms with Crippen molar-refractivity contribution in [1.82, 2.24) is 0 Å². The molecule has 0 spiro atoms. The summed E-state index contributed by atoms with van der Waals surface area (Å²) in [5.41, 5.74) is 2.13. The van der Waals surface area contributed by atoms with E-state index in [1.807, 2.05) is 0 Å². The van der Waals surface area contributed by atoms with E-state index in [0.29, 0.717) is 24.1 Å². The van der Waals surface area contributed by atoms with E-state index >= 15 is 0 Å². The Balaban J connectivity index is 1.52. The number of halogens is 2. The Morgan fingerprint density at radius 3 is 2.43 bits per heavy atom. The number of aliphatic hydroxyl groups is 1. The van der Waals surface area contributed by atoms with Crippen LogP contribution in [-0.2, 0) is 4.79 Å². The molecule has 0 bridgehead atoms. The highest BCUT2D eigenvalue weighted by Crippen LogP contribution is 2.46. The van der Waals surface area contributed by atoms with Gasteiger partial charge in [-0.2, -0.15) is 0 Å². The van der Waals surface area contributed by atoms with Crippen LogP contribution in [0.15, 0.2) is 72.3 Å². The zero-order chi connectivity index (χ0) is 21.3. The number of anilines is 1. The molecule has 1 aliphatic heterocycles. The Bertz CT molecular complexity index is 969. The summed E-state index contributed by atoms with van der Waals surface area (Å²) in [6, 6.07) is 12.1. The minimum Gasteiger partial charge on any atom is -0.508 e. The van der Waals surface area contributed by atoms with E-state index in [2.05, 4.69) is 0 Å². The highest BCUT2D eigenvalue weighted by molar-refractivity contribution is 6.03. The molecule has 156 valence electrons. The number of allylic oxidation sites excluding steroid dienone is 2. The minimum absolute atomic E-state index is 0.0936. The van der Waals surface area contributed by atoms with Crippen molar-refractivity contribution >= 4 is 11.6 Å². The van der Waals surface area contributed by atoms with Crippen LogP contribution < -0.4 is 4.90 Å². The topological polar surface area (TPSA) is 60.8 Å². The molecule has 30 heavy (non-hydrogen) atoms.